The van der Waals surface area contributed by atoms with Crippen molar-refractivity contribution in [3.05, 3.63) is 29.8 Å². The number of hydrogen-bond acceptors (Lipinski definition) is 3. The van der Waals surface area contributed by atoms with E-state index < -0.39 is 6.36 Å². The smallest absolute Gasteiger partial charge is 0.405 e. The molecule has 1 aromatic carbocycles. The van der Waals surface area contributed by atoms with E-state index in [-0.39, 0.29) is 30.2 Å². The van der Waals surface area contributed by atoms with Gasteiger partial charge in [-0.25, -0.2) is 0 Å². The van der Waals surface area contributed by atoms with Gasteiger partial charge in [0.2, 0.25) is 5.91 Å². The van der Waals surface area contributed by atoms with E-state index in [9.17, 15) is 18.0 Å². The zero-order valence-electron chi connectivity index (χ0n) is 12.0. The van der Waals surface area contributed by atoms with Gasteiger partial charge in [-0.1, -0.05) is 18.2 Å². The molecule has 1 amide bonds. The summed E-state index contributed by atoms with van der Waals surface area (Å²) in [5.41, 5.74) is 6.08. The third kappa shape index (κ3) is 4.91. The van der Waals surface area contributed by atoms with Crippen molar-refractivity contribution in [2.75, 3.05) is 0 Å². The van der Waals surface area contributed by atoms with Gasteiger partial charge in [-0.3, -0.25) is 4.79 Å². The number of carbonyl (C=O) groups is 1. The van der Waals surface area contributed by atoms with Crippen LogP contribution in [0.5, 0.6) is 5.75 Å². The summed E-state index contributed by atoms with van der Waals surface area (Å²) in [6.07, 6.45) is -1.72. The quantitative estimate of drug-likeness (QED) is 0.898. The van der Waals surface area contributed by atoms with Gasteiger partial charge < -0.3 is 15.8 Å². The van der Waals surface area contributed by atoms with E-state index in [1.54, 1.807) is 6.07 Å². The number of hydrogen-bond donors (Lipinski definition) is 2. The molecule has 2 rings (SSSR count). The summed E-state index contributed by atoms with van der Waals surface area (Å²) >= 11 is 0. The lowest BCUT2D eigenvalue weighted by Gasteiger charge is -2.25. The van der Waals surface area contributed by atoms with Crippen LogP contribution in [0.15, 0.2) is 24.3 Å². The molecule has 22 heavy (non-hydrogen) atoms. The van der Waals surface area contributed by atoms with E-state index in [1.807, 2.05) is 0 Å². The van der Waals surface area contributed by atoms with Crippen molar-refractivity contribution in [2.24, 2.45) is 11.7 Å². The van der Waals surface area contributed by atoms with Crippen LogP contribution in [0.2, 0.25) is 0 Å². The highest BCUT2D eigenvalue weighted by molar-refractivity contribution is 5.78. The van der Waals surface area contributed by atoms with E-state index in [0.29, 0.717) is 18.4 Å². The topological polar surface area (TPSA) is 64.4 Å². The minimum absolute atomic E-state index is 0.00758. The van der Waals surface area contributed by atoms with Gasteiger partial charge in [0.25, 0.3) is 0 Å². The molecule has 0 saturated heterocycles. The Morgan fingerprint density at radius 3 is 2.50 bits per heavy atom. The molecule has 1 saturated carbocycles. The molecule has 0 atom stereocenters. The first-order valence-corrected chi connectivity index (χ1v) is 7.22. The monoisotopic (exact) mass is 316 g/mol. The molecule has 0 bridgehead atoms. The number of nitrogens with one attached hydrogen (secondary N) is 1. The standard InChI is InChI=1S/C15H19F3N2O2/c16-15(17,18)22-13-4-2-1-3-11(13)9-20-14(21)10-5-7-12(19)8-6-10/h1-4,10,12H,5-9,19H2,(H,20,21)/t10-,12+. The van der Waals surface area contributed by atoms with Gasteiger partial charge in [0.05, 0.1) is 0 Å². The Labute approximate surface area is 126 Å². The van der Waals surface area contributed by atoms with Crippen LogP contribution in [0.4, 0.5) is 13.2 Å². The molecule has 4 nitrogen and oxygen atoms in total. The van der Waals surface area contributed by atoms with E-state index in [0.717, 1.165) is 12.8 Å². The first-order valence-electron chi connectivity index (χ1n) is 7.22. The second-order valence-corrected chi connectivity index (χ2v) is 5.49. The number of amides is 1. The Morgan fingerprint density at radius 2 is 1.86 bits per heavy atom. The highest BCUT2D eigenvalue weighted by Crippen LogP contribution is 2.27. The number of carbonyl (C=O) groups excluding carboxylic acids is 1. The maximum atomic E-state index is 12.3. The lowest BCUT2D eigenvalue weighted by atomic mass is 9.86. The van der Waals surface area contributed by atoms with Crippen molar-refractivity contribution in [2.45, 2.75) is 44.6 Å². The fourth-order valence-electron chi connectivity index (χ4n) is 2.58. The summed E-state index contributed by atoms with van der Waals surface area (Å²) in [7, 11) is 0. The summed E-state index contributed by atoms with van der Waals surface area (Å²) in [6, 6.07) is 5.93. The number of rotatable bonds is 4. The van der Waals surface area contributed by atoms with E-state index in [4.69, 9.17) is 5.73 Å². The van der Waals surface area contributed by atoms with Gasteiger partial charge in [0.15, 0.2) is 0 Å². The number of nitrogens with two attached hydrogens (primary N) is 1. The number of ether oxygens (including phenoxy) is 1. The SMILES string of the molecule is N[C@H]1CC[C@@H](C(=O)NCc2ccccc2OC(F)(F)F)CC1. The maximum absolute atomic E-state index is 12.3. The van der Waals surface area contributed by atoms with Crippen LogP contribution in [0, 0.1) is 5.92 Å². The summed E-state index contributed by atoms with van der Waals surface area (Å²) in [5.74, 6) is -0.551. The van der Waals surface area contributed by atoms with E-state index >= 15 is 0 Å². The van der Waals surface area contributed by atoms with Gasteiger partial charge in [-0.05, 0) is 31.7 Å². The van der Waals surface area contributed by atoms with Crippen LogP contribution in [-0.4, -0.2) is 18.3 Å². The molecule has 1 aliphatic rings. The maximum Gasteiger partial charge on any atom is 0.573 e. The average molecular weight is 316 g/mol. The second-order valence-electron chi connectivity index (χ2n) is 5.49. The van der Waals surface area contributed by atoms with Crippen molar-refractivity contribution in [1.29, 1.82) is 0 Å². The summed E-state index contributed by atoms with van der Waals surface area (Å²) in [4.78, 5) is 12.1. The van der Waals surface area contributed by atoms with E-state index in [1.165, 1.54) is 18.2 Å². The minimum Gasteiger partial charge on any atom is -0.405 e. The van der Waals surface area contributed by atoms with Gasteiger partial charge >= 0.3 is 6.36 Å². The van der Waals surface area contributed by atoms with Crippen LogP contribution in [0.1, 0.15) is 31.2 Å². The third-order valence-corrected chi connectivity index (χ3v) is 3.79. The molecule has 1 aliphatic carbocycles. The lowest BCUT2D eigenvalue weighted by molar-refractivity contribution is -0.274. The minimum atomic E-state index is -4.75. The molecular weight excluding hydrogens is 297 g/mol. The Kier molecular flexibility index (Phi) is 5.28. The molecule has 1 fully saturated rings. The van der Waals surface area contributed by atoms with Crippen LogP contribution in [0.3, 0.4) is 0 Å². The van der Waals surface area contributed by atoms with Crippen LogP contribution in [-0.2, 0) is 11.3 Å². The predicted octanol–water partition coefficient (Wildman–Crippen LogP) is 2.72. The molecule has 122 valence electrons. The highest BCUT2D eigenvalue weighted by atomic mass is 19.4. The second kappa shape index (κ2) is 7.00. The molecule has 0 radical (unpaired) electrons. The molecule has 3 N–H and O–H groups in total. The molecule has 7 heteroatoms. The molecule has 0 aliphatic heterocycles. The first-order chi connectivity index (χ1) is 10.3. The van der Waals surface area contributed by atoms with Gasteiger partial charge in [-0.2, -0.15) is 0 Å². The van der Waals surface area contributed by atoms with E-state index in [2.05, 4.69) is 10.1 Å². The Bertz CT molecular complexity index is 512. The van der Waals surface area contributed by atoms with Gasteiger partial charge in [-0.15, -0.1) is 13.2 Å². The average Bonchev–Trinajstić information content (AvgIpc) is 2.45. The molecular formula is C15H19F3N2O2. The van der Waals surface area contributed by atoms with Gasteiger partial charge in [0.1, 0.15) is 5.75 Å². The van der Waals surface area contributed by atoms with Crippen molar-refractivity contribution in [1.82, 2.24) is 5.32 Å². The Balaban J connectivity index is 1.92. The van der Waals surface area contributed by atoms with Crippen molar-refractivity contribution >= 4 is 5.91 Å². The largest absolute Gasteiger partial charge is 0.573 e. The summed E-state index contributed by atoms with van der Waals surface area (Å²) < 4.78 is 40.9. The van der Waals surface area contributed by atoms with Gasteiger partial charge in [0, 0.05) is 24.1 Å². The molecule has 0 unspecified atom stereocenters. The van der Waals surface area contributed by atoms with Crippen LogP contribution < -0.4 is 15.8 Å². The number of para-hydroxylation sites is 1. The normalized spacial score (nSPS) is 22.2. The van der Waals surface area contributed by atoms with Crippen LogP contribution in [0.25, 0.3) is 0 Å². The summed E-state index contributed by atoms with van der Waals surface area (Å²) in [6.45, 7) is 0.00758. The molecule has 0 aromatic heterocycles. The van der Waals surface area contributed by atoms with Crippen molar-refractivity contribution in [3.63, 3.8) is 0 Å². The number of alkyl halides is 3. The zero-order valence-corrected chi connectivity index (χ0v) is 12.0. The zero-order chi connectivity index (χ0) is 16.2. The summed E-state index contributed by atoms with van der Waals surface area (Å²) in [5, 5.41) is 2.68. The number of halogens is 3. The van der Waals surface area contributed by atoms with Crippen molar-refractivity contribution in [3.8, 4) is 5.75 Å². The first kappa shape index (κ1) is 16.6. The Hall–Kier alpha value is -1.76. The van der Waals surface area contributed by atoms with Crippen LogP contribution >= 0.6 is 0 Å². The predicted molar refractivity (Wildman–Crippen MR) is 74.9 cm³/mol. The Morgan fingerprint density at radius 1 is 1.23 bits per heavy atom. The molecule has 0 heterocycles. The number of benzene rings is 1. The molecule has 1 aromatic rings. The fourth-order valence-corrected chi connectivity index (χ4v) is 2.58. The molecule has 0 spiro atoms. The van der Waals surface area contributed by atoms with Crippen molar-refractivity contribution < 1.29 is 22.7 Å². The third-order valence-electron chi connectivity index (χ3n) is 3.79. The lowest BCUT2D eigenvalue weighted by Crippen LogP contribution is -2.36. The fraction of sp³-hybridized carbons (Fsp3) is 0.533. The highest BCUT2D eigenvalue weighted by Gasteiger charge is 2.32.